The van der Waals surface area contributed by atoms with Gasteiger partial charge in [-0.05, 0) is 25.0 Å². The van der Waals surface area contributed by atoms with Crippen molar-refractivity contribution in [2.75, 3.05) is 26.2 Å². The Morgan fingerprint density at radius 1 is 1.00 bits per heavy atom. The molecule has 3 nitrogen and oxygen atoms in total. The second-order valence-corrected chi connectivity index (χ2v) is 5.43. The summed E-state index contributed by atoms with van der Waals surface area (Å²) in [6, 6.07) is 9.36. The van der Waals surface area contributed by atoms with Gasteiger partial charge in [0.25, 0.3) is 0 Å². The molecule has 1 aliphatic rings. The van der Waals surface area contributed by atoms with E-state index in [9.17, 15) is 0 Å². The molecule has 2 N–H and O–H groups in total. The third-order valence-corrected chi connectivity index (χ3v) is 3.80. The maximum Gasteiger partial charge on any atom is 0.0234 e. The minimum absolute atomic E-state index is 0.632. The Morgan fingerprint density at radius 3 is 2.06 bits per heavy atom. The first-order valence-electron chi connectivity index (χ1n) is 6.93. The fourth-order valence-corrected chi connectivity index (χ4v) is 2.48. The molecule has 0 unspecified atom stereocenters. The number of hydrogen-bond donors (Lipinski definition) is 1. The number of hydrogen-bond acceptors (Lipinski definition) is 3. The van der Waals surface area contributed by atoms with Crippen molar-refractivity contribution in [1.82, 2.24) is 9.80 Å². The molecule has 1 aromatic rings. The summed E-state index contributed by atoms with van der Waals surface area (Å²) >= 11 is 0. The molecule has 0 atom stereocenters. The Balaban J connectivity index is 1.83. The molecule has 0 saturated carbocycles. The summed E-state index contributed by atoms with van der Waals surface area (Å²) in [5.41, 5.74) is 8.22. The second-order valence-electron chi connectivity index (χ2n) is 5.43. The van der Waals surface area contributed by atoms with E-state index < -0.39 is 0 Å². The van der Waals surface area contributed by atoms with Gasteiger partial charge in [0.05, 0.1) is 0 Å². The van der Waals surface area contributed by atoms with E-state index in [0.29, 0.717) is 12.6 Å². The molecule has 0 spiro atoms. The zero-order valence-corrected chi connectivity index (χ0v) is 11.6. The van der Waals surface area contributed by atoms with Crippen molar-refractivity contribution >= 4 is 0 Å². The molecule has 2 rings (SSSR count). The van der Waals surface area contributed by atoms with Crippen molar-refractivity contribution in [1.29, 1.82) is 0 Å². The van der Waals surface area contributed by atoms with Gasteiger partial charge >= 0.3 is 0 Å². The summed E-state index contributed by atoms with van der Waals surface area (Å²) in [6.07, 6.45) is 0. The monoisotopic (exact) mass is 247 g/mol. The van der Waals surface area contributed by atoms with Crippen LogP contribution in [0.25, 0.3) is 0 Å². The zero-order chi connectivity index (χ0) is 13.0. The minimum Gasteiger partial charge on any atom is -0.326 e. The standard InChI is InChI=1S/C15H25N3/c1-13(2)18-9-7-17(8-10-18)12-15-5-3-14(11-16)4-6-15/h3-6,13H,7-12,16H2,1-2H3. The summed E-state index contributed by atoms with van der Waals surface area (Å²) in [6.45, 7) is 11.0. The molecular formula is C15H25N3. The Morgan fingerprint density at radius 2 is 1.56 bits per heavy atom. The Hall–Kier alpha value is -0.900. The van der Waals surface area contributed by atoms with Crippen LogP contribution in [-0.2, 0) is 13.1 Å². The van der Waals surface area contributed by atoms with Crippen LogP contribution in [0, 0.1) is 0 Å². The van der Waals surface area contributed by atoms with Crippen LogP contribution in [-0.4, -0.2) is 42.0 Å². The highest BCUT2D eigenvalue weighted by Gasteiger charge is 2.18. The van der Waals surface area contributed by atoms with Gasteiger partial charge in [-0.3, -0.25) is 9.80 Å². The molecule has 0 aromatic heterocycles. The number of nitrogens with zero attached hydrogens (tertiary/aromatic N) is 2. The van der Waals surface area contributed by atoms with Gasteiger partial charge < -0.3 is 5.73 Å². The second kappa shape index (κ2) is 6.32. The quantitative estimate of drug-likeness (QED) is 0.878. The predicted molar refractivity (Wildman–Crippen MR) is 76.3 cm³/mol. The topological polar surface area (TPSA) is 32.5 Å². The summed E-state index contributed by atoms with van der Waals surface area (Å²) in [4.78, 5) is 5.09. The van der Waals surface area contributed by atoms with Crippen LogP contribution in [0.15, 0.2) is 24.3 Å². The average Bonchev–Trinajstić information content (AvgIpc) is 2.40. The van der Waals surface area contributed by atoms with E-state index in [1.807, 2.05) is 0 Å². The van der Waals surface area contributed by atoms with Crippen LogP contribution in [0.5, 0.6) is 0 Å². The highest BCUT2D eigenvalue weighted by atomic mass is 15.3. The third-order valence-electron chi connectivity index (χ3n) is 3.80. The van der Waals surface area contributed by atoms with E-state index in [4.69, 9.17) is 5.73 Å². The van der Waals surface area contributed by atoms with Crippen molar-refractivity contribution in [2.24, 2.45) is 5.73 Å². The fraction of sp³-hybridized carbons (Fsp3) is 0.600. The molecule has 0 radical (unpaired) electrons. The fourth-order valence-electron chi connectivity index (χ4n) is 2.48. The molecule has 1 heterocycles. The van der Waals surface area contributed by atoms with Crippen LogP contribution in [0.1, 0.15) is 25.0 Å². The Labute approximate surface area is 111 Å². The maximum absolute atomic E-state index is 5.61. The van der Waals surface area contributed by atoms with Crippen LogP contribution < -0.4 is 5.73 Å². The van der Waals surface area contributed by atoms with Gasteiger partial charge in [0.2, 0.25) is 0 Å². The molecule has 1 aliphatic heterocycles. The minimum atomic E-state index is 0.632. The average molecular weight is 247 g/mol. The van der Waals surface area contributed by atoms with Crippen molar-refractivity contribution in [3.05, 3.63) is 35.4 Å². The first-order chi connectivity index (χ1) is 8.69. The largest absolute Gasteiger partial charge is 0.326 e. The zero-order valence-electron chi connectivity index (χ0n) is 11.6. The molecule has 0 bridgehead atoms. The molecule has 0 amide bonds. The molecule has 1 saturated heterocycles. The molecule has 1 aromatic carbocycles. The van der Waals surface area contributed by atoms with E-state index in [0.717, 1.165) is 6.54 Å². The Bertz CT molecular complexity index is 351. The molecule has 1 fully saturated rings. The number of piperazine rings is 1. The van der Waals surface area contributed by atoms with E-state index in [-0.39, 0.29) is 0 Å². The molecule has 3 heteroatoms. The van der Waals surface area contributed by atoms with Crippen molar-refractivity contribution in [2.45, 2.75) is 33.0 Å². The lowest BCUT2D eigenvalue weighted by atomic mass is 10.1. The first-order valence-corrected chi connectivity index (χ1v) is 6.93. The number of rotatable bonds is 4. The van der Waals surface area contributed by atoms with Crippen molar-refractivity contribution in [3.63, 3.8) is 0 Å². The molecular weight excluding hydrogens is 222 g/mol. The van der Waals surface area contributed by atoms with Gasteiger partial charge in [-0.1, -0.05) is 24.3 Å². The Kier molecular flexibility index (Phi) is 4.75. The lowest BCUT2D eigenvalue weighted by Gasteiger charge is -2.36. The van der Waals surface area contributed by atoms with Crippen LogP contribution in [0.4, 0.5) is 0 Å². The van der Waals surface area contributed by atoms with Gasteiger partial charge in [0, 0.05) is 45.3 Å². The SMILES string of the molecule is CC(C)N1CCN(Cc2ccc(CN)cc2)CC1. The first kappa shape index (κ1) is 13.5. The van der Waals surface area contributed by atoms with Crippen LogP contribution in [0.3, 0.4) is 0 Å². The van der Waals surface area contributed by atoms with Gasteiger partial charge in [-0.15, -0.1) is 0 Å². The molecule has 18 heavy (non-hydrogen) atoms. The van der Waals surface area contributed by atoms with E-state index >= 15 is 0 Å². The molecule has 100 valence electrons. The maximum atomic E-state index is 5.61. The van der Waals surface area contributed by atoms with E-state index in [2.05, 4.69) is 47.9 Å². The van der Waals surface area contributed by atoms with Crippen molar-refractivity contribution in [3.8, 4) is 0 Å². The summed E-state index contributed by atoms with van der Waals surface area (Å²) in [5.74, 6) is 0. The normalized spacial score (nSPS) is 18.4. The van der Waals surface area contributed by atoms with Crippen LogP contribution in [0.2, 0.25) is 0 Å². The lowest BCUT2D eigenvalue weighted by Crippen LogP contribution is -2.48. The lowest BCUT2D eigenvalue weighted by molar-refractivity contribution is 0.104. The predicted octanol–water partition coefficient (Wildman–Crippen LogP) is 1.67. The summed E-state index contributed by atoms with van der Waals surface area (Å²) in [5, 5.41) is 0. The van der Waals surface area contributed by atoms with Crippen molar-refractivity contribution < 1.29 is 0 Å². The summed E-state index contributed by atoms with van der Waals surface area (Å²) in [7, 11) is 0. The summed E-state index contributed by atoms with van der Waals surface area (Å²) < 4.78 is 0. The highest BCUT2D eigenvalue weighted by molar-refractivity contribution is 5.22. The van der Waals surface area contributed by atoms with Crippen LogP contribution >= 0.6 is 0 Å². The van der Waals surface area contributed by atoms with Gasteiger partial charge in [-0.2, -0.15) is 0 Å². The van der Waals surface area contributed by atoms with E-state index in [1.54, 1.807) is 0 Å². The highest BCUT2D eigenvalue weighted by Crippen LogP contribution is 2.11. The smallest absolute Gasteiger partial charge is 0.0234 e. The van der Waals surface area contributed by atoms with Gasteiger partial charge in [0.15, 0.2) is 0 Å². The van der Waals surface area contributed by atoms with E-state index in [1.165, 1.54) is 37.3 Å². The third kappa shape index (κ3) is 3.55. The van der Waals surface area contributed by atoms with Gasteiger partial charge in [-0.25, -0.2) is 0 Å². The number of nitrogens with two attached hydrogens (primary N) is 1. The molecule has 0 aliphatic carbocycles. The number of benzene rings is 1. The van der Waals surface area contributed by atoms with Gasteiger partial charge in [0.1, 0.15) is 0 Å².